The summed E-state index contributed by atoms with van der Waals surface area (Å²) in [6, 6.07) is 21.9. The van der Waals surface area contributed by atoms with Crippen molar-refractivity contribution < 1.29 is 10.1 Å². The van der Waals surface area contributed by atoms with Gasteiger partial charge in [0.2, 0.25) is 0 Å². The van der Waals surface area contributed by atoms with Crippen LogP contribution in [0.1, 0.15) is 18.5 Å². The van der Waals surface area contributed by atoms with Crippen molar-refractivity contribution in [1.29, 1.82) is 0 Å². The Labute approximate surface area is 146 Å². The van der Waals surface area contributed by atoms with E-state index in [1.807, 2.05) is 72.9 Å². The third kappa shape index (κ3) is 3.94. The smallest absolute Gasteiger partial charge is 0.279 e. The lowest BCUT2D eigenvalue weighted by Crippen LogP contribution is -2.86. The number of carbonyl (C=O) groups excluding carboxylic acids is 1. The molecule has 0 bridgehead atoms. The molecule has 0 spiro atoms. The van der Waals surface area contributed by atoms with E-state index in [1.54, 1.807) is 0 Å². The summed E-state index contributed by atoms with van der Waals surface area (Å²) in [6.07, 6.45) is 0. The normalized spacial score (nSPS) is 12.1. The Kier molecular flexibility index (Phi) is 5.14. The highest BCUT2D eigenvalue weighted by Gasteiger charge is 2.14. The maximum absolute atomic E-state index is 12.2. The molecule has 0 unspecified atom stereocenters. The topological polar surface area (TPSA) is 45.7 Å². The van der Waals surface area contributed by atoms with Gasteiger partial charge in [0.25, 0.3) is 5.91 Å². The second-order valence-electron chi connectivity index (χ2n) is 5.86. The number of nitrogens with one attached hydrogen (secondary N) is 1. The minimum Gasteiger partial charge on any atom is -0.332 e. The number of benzene rings is 3. The molecule has 0 saturated carbocycles. The molecule has 3 nitrogen and oxygen atoms in total. The summed E-state index contributed by atoms with van der Waals surface area (Å²) in [6.45, 7) is 2.39. The first-order valence-corrected chi connectivity index (χ1v) is 8.37. The van der Waals surface area contributed by atoms with Crippen molar-refractivity contribution in [1.82, 2.24) is 0 Å². The number of anilines is 1. The Morgan fingerprint density at radius 1 is 1.04 bits per heavy atom. The minimum atomic E-state index is -0.0239. The molecule has 122 valence electrons. The summed E-state index contributed by atoms with van der Waals surface area (Å²) in [5.74, 6) is -0.0239. The molecule has 4 heteroatoms. The number of hydrogen-bond acceptors (Lipinski definition) is 1. The van der Waals surface area contributed by atoms with Crippen LogP contribution < -0.4 is 10.6 Å². The zero-order chi connectivity index (χ0) is 16.9. The van der Waals surface area contributed by atoms with Crippen molar-refractivity contribution in [2.45, 2.75) is 13.0 Å². The largest absolute Gasteiger partial charge is 0.332 e. The first kappa shape index (κ1) is 16.5. The fourth-order valence-corrected chi connectivity index (χ4v) is 3.04. The lowest BCUT2D eigenvalue weighted by atomic mass is 10.1. The number of halogens is 1. The van der Waals surface area contributed by atoms with Gasteiger partial charge < -0.3 is 10.6 Å². The van der Waals surface area contributed by atoms with E-state index in [0.717, 1.165) is 27.0 Å². The molecule has 0 aliphatic rings. The van der Waals surface area contributed by atoms with Gasteiger partial charge in [0.1, 0.15) is 6.04 Å². The lowest BCUT2D eigenvalue weighted by Gasteiger charge is -2.12. The average molecular weight is 340 g/mol. The predicted molar refractivity (Wildman–Crippen MR) is 99.2 cm³/mol. The van der Waals surface area contributed by atoms with Crippen LogP contribution in [0.3, 0.4) is 0 Å². The van der Waals surface area contributed by atoms with Crippen molar-refractivity contribution in [3.05, 3.63) is 77.3 Å². The molecule has 3 aromatic carbocycles. The Morgan fingerprint density at radius 3 is 2.54 bits per heavy atom. The van der Waals surface area contributed by atoms with Gasteiger partial charge >= 0.3 is 0 Å². The maximum Gasteiger partial charge on any atom is 0.279 e. The predicted octanol–water partition coefficient (Wildman–Crippen LogP) is 3.76. The number of rotatable bonds is 5. The first-order valence-electron chi connectivity index (χ1n) is 8.00. The minimum absolute atomic E-state index is 0.0239. The molecule has 0 fully saturated rings. The fraction of sp³-hybridized carbons (Fsp3) is 0.150. The van der Waals surface area contributed by atoms with E-state index in [9.17, 15) is 4.79 Å². The molecular weight excluding hydrogens is 320 g/mol. The van der Waals surface area contributed by atoms with Crippen LogP contribution in [-0.4, -0.2) is 12.5 Å². The third-order valence-corrected chi connectivity index (χ3v) is 4.43. The molecule has 0 aliphatic heterocycles. The van der Waals surface area contributed by atoms with Crippen LogP contribution in [0.25, 0.3) is 10.8 Å². The quantitative estimate of drug-likeness (QED) is 0.730. The Bertz CT molecular complexity index is 863. The summed E-state index contributed by atoms with van der Waals surface area (Å²) in [5, 5.41) is 7.94. The second kappa shape index (κ2) is 7.47. The third-order valence-electron chi connectivity index (χ3n) is 4.09. The van der Waals surface area contributed by atoms with Gasteiger partial charge in [-0.3, -0.25) is 4.79 Å². The summed E-state index contributed by atoms with van der Waals surface area (Å²) in [7, 11) is 0. The summed E-state index contributed by atoms with van der Waals surface area (Å²) < 4.78 is 0. The van der Waals surface area contributed by atoms with Crippen molar-refractivity contribution in [3.63, 3.8) is 0 Å². The van der Waals surface area contributed by atoms with E-state index in [-0.39, 0.29) is 11.9 Å². The molecule has 3 aromatic rings. The van der Waals surface area contributed by atoms with Crippen LogP contribution in [-0.2, 0) is 4.79 Å². The maximum atomic E-state index is 12.2. The molecule has 0 saturated heterocycles. The molecule has 24 heavy (non-hydrogen) atoms. The van der Waals surface area contributed by atoms with Crippen LogP contribution in [0.2, 0.25) is 5.02 Å². The van der Waals surface area contributed by atoms with E-state index in [4.69, 9.17) is 11.6 Å². The van der Waals surface area contributed by atoms with Gasteiger partial charge in [-0.1, -0.05) is 60.1 Å². The molecule has 0 aromatic heterocycles. The number of fused-ring (bicyclic) bond motifs is 1. The van der Waals surface area contributed by atoms with Crippen molar-refractivity contribution >= 4 is 34.0 Å². The molecule has 0 heterocycles. The summed E-state index contributed by atoms with van der Waals surface area (Å²) >= 11 is 6.20. The molecule has 0 radical (unpaired) electrons. The van der Waals surface area contributed by atoms with E-state index in [2.05, 4.69) is 11.4 Å². The standard InChI is InChI=1S/C20H19ClN2O/c1-14(18-8-4-5-9-19(18)21)22-13-20(24)23-17-11-10-15-6-2-3-7-16(15)12-17/h2-12,14,22H,13H2,1H3,(H,23,24)/p+1/t14-/m0/s1. The van der Waals surface area contributed by atoms with Crippen LogP contribution in [0.5, 0.6) is 0 Å². The highest BCUT2D eigenvalue weighted by molar-refractivity contribution is 6.31. The molecule has 0 aliphatic carbocycles. The van der Waals surface area contributed by atoms with Gasteiger partial charge in [-0.2, -0.15) is 0 Å². The Morgan fingerprint density at radius 2 is 1.75 bits per heavy atom. The van der Waals surface area contributed by atoms with Crippen LogP contribution in [0.4, 0.5) is 5.69 Å². The zero-order valence-corrected chi connectivity index (χ0v) is 14.3. The van der Waals surface area contributed by atoms with Gasteiger partial charge in [0.05, 0.1) is 0 Å². The SMILES string of the molecule is C[C@H]([NH2+]CC(=O)Nc1ccc2ccccc2c1)c1ccccc1Cl. The second-order valence-corrected chi connectivity index (χ2v) is 6.27. The van der Waals surface area contributed by atoms with E-state index in [0.29, 0.717) is 6.54 Å². The van der Waals surface area contributed by atoms with Crippen LogP contribution >= 0.6 is 11.6 Å². The van der Waals surface area contributed by atoms with Gasteiger partial charge in [0.15, 0.2) is 6.54 Å². The first-order chi connectivity index (χ1) is 11.6. The van der Waals surface area contributed by atoms with E-state index < -0.39 is 0 Å². The fourth-order valence-electron chi connectivity index (χ4n) is 2.73. The lowest BCUT2D eigenvalue weighted by molar-refractivity contribution is -0.682. The van der Waals surface area contributed by atoms with Gasteiger partial charge in [-0.05, 0) is 35.9 Å². The zero-order valence-electron chi connectivity index (χ0n) is 13.5. The summed E-state index contributed by atoms with van der Waals surface area (Å²) in [5.41, 5.74) is 1.86. The van der Waals surface area contributed by atoms with Crippen molar-refractivity contribution in [2.75, 3.05) is 11.9 Å². The number of carbonyl (C=O) groups is 1. The molecule has 3 N–H and O–H groups in total. The molecular formula is C20H20ClN2O+. The molecule has 3 rings (SSSR count). The van der Waals surface area contributed by atoms with Gasteiger partial charge in [-0.15, -0.1) is 0 Å². The van der Waals surface area contributed by atoms with Crippen molar-refractivity contribution in [3.8, 4) is 0 Å². The highest BCUT2D eigenvalue weighted by Crippen LogP contribution is 2.20. The number of nitrogens with two attached hydrogens (primary N) is 1. The molecule has 1 atom stereocenters. The monoisotopic (exact) mass is 339 g/mol. The molecule has 1 amide bonds. The van der Waals surface area contributed by atoms with E-state index in [1.165, 1.54) is 0 Å². The number of hydrogen-bond donors (Lipinski definition) is 2. The number of amides is 1. The Hall–Kier alpha value is -2.36. The van der Waals surface area contributed by atoms with Crippen molar-refractivity contribution in [2.24, 2.45) is 0 Å². The van der Waals surface area contributed by atoms with Gasteiger partial charge in [0, 0.05) is 16.3 Å². The van der Waals surface area contributed by atoms with E-state index >= 15 is 0 Å². The van der Waals surface area contributed by atoms with Gasteiger partial charge in [-0.25, -0.2) is 0 Å². The van der Waals surface area contributed by atoms with Crippen LogP contribution in [0, 0.1) is 0 Å². The average Bonchev–Trinajstić information content (AvgIpc) is 2.60. The number of quaternary nitrogens is 1. The Balaban J connectivity index is 1.59. The van der Waals surface area contributed by atoms with Crippen LogP contribution in [0.15, 0.2) is 66.7 Å². The summed E-state index contributed by atoms with van der Waals surface area (Å²) in [4.78, 5) is 12.2. The highest BCUT2D eigenvalue weighted by atomic mass is 35.5.